The molecule has 1 aromatic carbocycles. The zero-order valence-electron chi connectivity index (χ0n) is 13.4. The smallest absolute Gasteiger partial charge is 0.449 e. The van der Waals surface area contributed by atoms with Crippen molar-refractivity contribution in [2.24, 2.45) is 0 Å². The molecule has 2 heterocycles. The lowest BCUT2D eigenvalue weighted by Gasteiger charge is -2.34. The van der Waals surface area contributed by atoms with Gasteiger partial charge >= 0.3 is 12.1 Å². The molecule has 0 amide bonds. The van der Waals surface area contributed by atoms with Crippen molar-refractivity contribution in [2.75, 3.05) is 44.7 Å². The van der Waals surface area contributed by atoms with Gasteiger partial charge in [-0.1, -0.05) is 6.07 Å². The van der Waals surface area contributed by atoms with Crippen LogP contribution in [-0.4, -0.2) is 56.8 Å². The number of carbonyl (C=O) groups excluding carboxylic acids is 1. The van der Waals surface area contributed by atoms with Crippen LogP contribution in [0.4, 0.5) is 18.9 Å². The van der Waals surface area contributed by atoms with E-state index < -0.39 is 18.2 Å². The number of rotatable bonds is 2. The lowest BCUT2D eigenvalue weighted by atomic mass is 9.96. The van der Waals surface area contributed by atoms with Crippen molar-refractivity contribution in [3.8, 4) is 0 Å². The number of hydrogen-bond acceptors (Lipinski definition) is 5. The van der Waals surface area contributed by atoms with Crippen molar-refractivity contribution in [3.05, 3.63) is 29.3 Å². The van der Waals surface area contributed by atoms with Crippen molar-refractivity contribution in [1.82, 2.24) is 10.2 Å². The molecule has 5 nitrogen and oxygen atoms in total. The number of esters is 1. The Morgan fingerprint density at radius 3 is 2.67 bits per heavy atom. The average molecular weight is 343 g/mol. The van der Waals surface area contributed by atoms with E-state index in [1.54, 1.807) is 7.05 Å². The Balaban J connectivity index is 1.86. The fourth-order valence-corrected chi connectivity index (χ4v) is 3.18. The van der Waals surface area contributed by atoms with Crippen LogP contribution in [0.15, 0.2) is 18.2 Å². The molecule has 1 N–H and O–H groups in total. The molecular weight excluding hydrogens is 323 g/mol. The lowest BCUT2D eigenvalue weighted by Crippen LogP contribution is -2.43. The van der Waals surface area contributed by atoms with Gasteiger partial charge in [0.2, 0.25) is 0 Å². The van der Waals surface area contributed by atoms with Gasteiger partial charge < -0.3 is 15.0 Å². The number of hydrogen-bond donors (Lipinski definition) is 1. The number of alkyl halides is 3. The first-order chi connectivity index (χ1) is 11.3. The van der Waals surface area contributed by atoms with E-state index in [9.17, 15) is 18.0 Å². The Bertz CT molecular complexity index is 615. The van der Waals surface area contributed by atoms with Gasteiger partial charge in [-0.05, 0) is 24.7 Å². The molecule has 132 valence electrons. The zero-order valence-corrected chi connectivity index (χ0v) is 13.4. The average Bonchev–Trinajstić information content (AvgIpc) is 2.54. The summed E-state index contributed by atoms with van der Waals surface area (Å²) in [6.45, 7) is 4.28. The number of anilines is 1. The van der Waals surface area contributed by atoms with Crippen molar-refractivity contribution in [1.29, 1.82) is 0 Å². The predicted octanol–water partition coefficient (Wildman–Crippen LogP) is 1.69. The van der Waals surface area contributed by atoms with Crippen LogP contribution in [0.2, 0.25) is 0 Å². The molecule has 1 aromatic rings. The molecule has 3 rings (SSSR count). The highest BCUT2D eigenvalue weighted by Crippen LogP contribution is 2.33. The minimum atomic E-state index is -4.98. The van der Waals surface area contributed by atoms with Crippen LogP contribution in [-0.2, 0) is 16.1 Å². The summed E-state index contributed by atoms with van der Waals surface area (Å²) in [5.41, 5.74) is 2.51. The van der Waals surface area contributed by atoms with Gasteiger partial charge in [0.05, 0.1) is 0 Å². The van der Waals surface area contributed by atoms with Gasteiger partial charge in [0.25, 0.3) is 0 Å². The quantitative estimate of drug-likeness (QED) is 0.828. The first-order valence-electron chi connectivity index (χ1n) is 7.89. The standard InChI is InChI=1S/C16H20F3N3O2/c1-21-9-11-2-3-12(22-6-4-20-5-7-22)8-13(11)14(10-21)24-15(23)16(17,18)19/h2-3,8,14,20H,4-7,9-10H2,1H3. The lowest BCUT2D eigenvalue weighted by molar-refractivity contribution is -0.206. The second-order valence-electron chi connectivity index (χ2n) is 6.21. The minimum absolute atomic E-state index is 0.250. The molecule has 24 heavy (non-hydrogen) atoms. The van der Waals surface area contributed by atoms with Crippen LogP contribution in [0.25, 0.3) is 0 Å². The third-order valence-corrected chi connectivity index (χ3v) is 4.36. The molecule has 0 radical (unpaired) electrons. The number of likely N-dealkylation sites (N-methyl/N-ethyl adjacent to an activating group) is 1. The molecule has 1 atom stereocenters. The van der Waals surface area contributed by atoms with Crippen LogP contribution in [0.3, 0.4) is 0 Å². The number of piperazine rings is 1. The first kappa shape index (κ1) is 17.0. The Labute approximate surface area is 138 Å². The normalized spacial score (nSPS) is 22.2. The number of nitrogens with zero attached hydrogens (tertiary/aromatic N) is 2. The second kappa shape index (κ2) is 6.60. The largest absolute Gasteiger partial charge is 0.490 e. The highest BCUT2D eigenvalue weighted by Gasteiger charge is 2.43. The van der Waals surface area contributed by atoms with Crippen LogP contribution < -0.4 is 10.2 Å². The van der Waals surface area contributed by atoms with E-state index in [0.29, 0.717) is 12.1 Å². The molecule has 0 aromatic heterocycles. The predicted molar refractivity (Wildman–Crippen MR) is 82.7 cm³/mol. The van der Waals surface area contributed by atoms with E-state index in [1.807, 2.05) is 23.1 Å². The molecule has 1 unspecified atom stereocenters. The fraction of sp³-hybridized carbons (Fsp3) is 0.562. The summed E-state index contributed by atoms with van der Waals surface area (Å²) in [6.07, 6.45) is -5.89. The summed E-state index contributed by atoms with van der Waals surface area (Å²) < 4.78 is 42.4. The van der Waals surface area contributed by atoms with E-state index in [-0.39, 0.29) is 6.54 Å². The van der Waals surface area contributed by atoms with Gasteiger partial charge in [-0.25, -0.2) is 4.79 Å². The topological polar surface area (TPSA) is 44.8 Å². The third-order valence-electron chi connectivity index (χ3n) is 4.36. The zero-order chi connectivity index (χ0) is 17.3. The van der Waals surface area contributed by atoms with Crippen LogP contribution in [0.5, 0.6) is 0 Å². The maximum atomic E-state index is 12.5. The summed E-state index contributed by atoms with van der Waals surface area (Å²) in [4.78, 5) is 15.3. The highest BCUT2D eigenvalue weighted by atomic mass is 19.4. The van der Waals surface area contributed by atoms with Gasteiger partial charge in [-0.3, -0.25) is 4.90 Å². The third kappa shape index (κ3) is 3.64. The van der Waals surface area contributed by atoms with E-state index in [1.165, 1.54) is 0 Å². The Kier molecular flexibility index (Phi) is 4.69. The summed E-state index contributed by atoms with van der Waals surface area (Å²) >= 11 is 0. The molecule has 0 spiro atoms. The molecule has 2 aliphatic rings. The molecule has 2 aliphatic heterocycles. The van der Waals surface area contributed by atoms with Crippen LogP contribution >= 0.6 is 0 Å². The molecule has 1 saturated heterocycles. The summed E-state index contributed by atoms with van der Waals surface area (Å²) in [7, 11) is 1.79. The monoisotopic (exact) mass is 343 g/mol. The van der Waals surface area contributed by atoms with Gasteiger partial charge in [0.1, 0.15) is 6.10 Å². The molecule has 0 saturated carbocycles. The van der Waals surface area contributed by atoms with E-state index >= 15 is 0 Å². The van der Waals surface area contributed by atoms with E-state index in [2.05, 4.69) is 10.2 Å². The number of benzene rings is 1. The second-order valence-corrected chi connectivity index (χ2v) is 6.21. The summed E-state index contributed by atoms with van der Waals surface area (Å²) in [5, 5.41) is 3.26. The molecule has 1 fully saturated rings. The number of fused-ring (bicyclic) bond motifs is 1. The first-order valence-corrected chi connectivity index (χ1v) is 7.89. The summed E-state index contributed by atoms with van der Waals surface area (Å²) in [6, 6.07) is 5.75. The molecule has 0 aliphatic carbocycles. The van der Waals surface area contributed by atoms with Crippen molar-refractivity contribution >= 4 is 11.7 Å². The van der Waals surface area contributed by atoms with Gasteiger partial charge in [-0.15, -0.1) is 0 Å². The van der Waals surface area contributed by atoms with Crippen molar-refractivity contribution in [3.63, 3.8) is 0 Å². The van der Waals surface area contributed by atoms with Crippen molar-refractivity contribution < 1.29 is 22.7 Å². The van der Waals surface area contributed by atoms with Gasteiger partial charge in [-0.2, -0.15) is 13.2 Å². The molecular formula is C16H20F3N3O2. The maximum Gasteiger partial charge on any atom is 0.490 e. The highest BCUT2D eigenvalue weighted by molar-refractivity contribution is 5.76. The van der Waals surface area contributed by atoms with E-state index in [0.717, 1.165) is 37.4 Å². The SMILES string of the molecule is CN1Cc2ccc(N3CCNCC3)cc2C(OC(=O)C(F)(F)F)C1. The number of nitrogens with one attached hydrogen (secondary N) is 1. The number of halogens is 3. The van der Waals surface area contributed by atoms with Gasteiger partial charge in [0, 0.05) is 50.5 Å². The Morgan fingerprint density at radius 1 is 1.29 bits per heavy atom. The number of carbonyl (C=O) groups is 1. The Morgan fingerprint density at radius 2 is 2.00 bits per heavy atom. The van der Waals surface area contributed by atoms with Crippen LogP contribution in [0, 0.1) is 0 Å². The van der Waals surface area contributed by atoms with E-state index in [4.69, 9.17) is 4.74 Å². The van der Waals surface area contributed by atoms with Gasteiger partial charge in [0.15, 0.2) is 0 Å². The maximum absolute atomic E-state index is 12.5. The summed E-state index contributed by atoms with van der Waals surface area (Å²) in [5.74, 6) is -2.14. The minimum Gasteiger partial charge on any atom is -0.449 e. The van der Waals surface area contributed by atoms with Crippen molar-refractivity contribution in [2.45, 2.75) is 18.8 Å². The fourth-order valence-electron chi connectivity index (χ4n) is 3.18. The van der Waals surface area contributed by atoms with Crippen LogP contribution in [0.1, 0.15) is 17.2 Å². The number of ether oxygens (including phenoxy) is 1. The molecule has 0 bridgehead atoms. The molecule has 8 heteroatoms. The Hall–Kier alpha value is -1.80.